The number of primary amides is 1. The summed E-state index contributed by atoms with van der Waals surface area (Å²) >= 11 is 0. The van der Waals surface area contributed by atoms with E-state index >= 15 is 0 Å². The summed E-state index contributed by atoms with van der Waals surface area (Å²) < 4.78 is 0. The van der Waals surface area contributed by atoms with E-state index in [1.165, 1.54) is 6.20 Å². The summed E-state index contributed by atoms with van der Waals surface area (Å²) in [7, 11) is 0. The number of nitro groups is 1. The molecule has 1 aromatic heterocycles. The van der Waals surface area contributed by atoms with Crippen LogP contribution in [0.15, 0.2) is 12.3 Å². The van der Waals surface area contributed by atoms with Crippen molar-refractivity contribution in [1.29, 1.82) is 0 Å². The number of pyridine rings is 1. The van der Waals surface area contributed by atoms with Crippen molar-refractivity contribution in [3.63, 3.8) is 0 Å². The minimum Gasteiger partial charge on any atom is -0.368 e. The van der Waals surface area contributed by atoms with Crippen LogP contribution in [-0.4, -0.2) is 21.9 Å². The van der Waals surface area contributed by atoms with Crippen LogP contribution < -0.4 is 11.1 Å². The molecular weight excluding hydrogens is 272 g/mol. The third kappa shape index (κ3) is 5.37. The molecule has 1 rings (SSSR count). The molecule has 0 aliphatic heterocycles. The lowest BCUT2D eigenvalue weighted by molar-refractivity contribution is -0.385. The van der Waals surface area contributed by atoms with Crippen molar-refractivity contribution in [3.8, 4) is 0 Å². The average Bonchev–Trinajstić information content (AvgIpc) is 2.32. The van der Waals surface area contributed by atoms with Crippen molar-refractivity contribution in [3.05, 3.63) is 27.9 Å². The minimum atomic E-state index is -0.544. The number of carbonyl (C=O) groups excluding carboxylic acids is 1. The number of nitrogens with two attached hydrogens (primary N) is 1. The molecule has 1 atom stereocenters. The molecule has 21 heavy (non-hydrogen) atoms. The summed E-state index contributed by atoms with van der Waals surface area (Å²) in [4.78, 5) is 25.7. The van der Waals surface area contributed by atoms with Gasteiger partial charge in [-0.05, 0) is 31.2 Å². The molecule has 1 amide bonds. The van der Waals surface area contributed by atoms with Crippen LogP contribution in [0.3, 0.4) is 0 Å². The molecule has 0 bridgehead atoms. The van der Waals surface area contributed by atoms with Crippen LogP contribution in [0.5, 0.6) is 0 Å². The van der Waals surface area contributed by atoms with E-state index in [4.69, 9.17) is 5.73 Å². The minimum absolute atomic E-state index is 0.0501. The maximum absolute atomic E-state index is 11.5. The van der Waals surface area contributed by atoms with Crippen LogP contribution in [-0.2, 0) is 4.79 Å². The number of nitrogens with zero attached hydrogens (tertiary/aromatic N) is 2. The zero-order valence-electron chi connectivity index (χ0n) is 12.8. The van der Waals surface area contributed by atoms with Crippen molar-refractivity contribution in [2.75, 3.05) is 5.32 Å². The highest BCUT2D eigenvalue weighted by molar-refractivity contribution is 5.82. The molecular formula is C14H22N4O3. The van der Waals surface area contributed by atoms with E-state index in [1.54, 1.807) is 13.0 Å². The van der Waals surface area contributed by atoms with Gasteiger partial charge >= 0.3 is 0 Å². The van der Waals surface area contributed by atoms with E-state index in [2.05, 4.69) is 31.1 Å². The molecule has 0 aromatic carbocycles. The van der Waals surface area contributed by atoms with E-state index in [9.17, 15) is 14.9 Å². The van der Waals surface area contributed by atoms with Gasteiger partial charge in [-0.2, -0.15) is 0 Å². The first kappa shape index (κ1) is 16.9. The SMILES string of the molecule is Cc1cc(N[C@@H](CCC(C)(C)C)C(N)=O)ncc1[N+](=O)[O-]. The van der Waals surface area contributed by atoms with Gasteiger partial charge in [0.1, 0.15) is 18.1 Å². The molecule has 0 saturated carbocycles. The fraction of sp³-hybridized carbons (Fsp3) is 0.571. The summed E-state index contributed by atoms with van der Waals surface area (Å²) in [6.07, 6.45) is 2.58. The van der Waals surface area contributed by atoms with Crippen LogP contribution in [0.2, 0.25) is 0 Å². The van der Waals surface area contributed by atoms with Gasteiger partial charge in [-0.1, -0.05) is 20.8 Å². The van der Waals surface area contributed by atoms with Crippen molar-refractivity contribution >= 4 is 17.4 Å². The number of hydrogen-bond donors (Lipinski definition) is 2. The molecule has 116 valence electrons. The lowest BCUT2D eigenvalue weighted by atomic mass is 9.88. The maximum atomic E-state index is 11.5. The lowest BCUT2D eigenvalue weighted by Crippen LogP contribution is -2.36. The Hall–Kier alpha value is -2.18. The highest BCUT2D eigenvalue weighted by Crippen LogP contribution is 2.24. The molecule has 0 saturated heterocycles. The van der Waals surface area contributed by atoms with Gasteiger partial charge in [-0.15, -0.1) is 0 Å². The van der Waals surface area contributed by atoms with E-state index < -0.39 is 16.9 Å². The molecule has 0 unspecified atom stereocenters. The second-order valence-electron chi connectivity index (χ2n) is 6.31. The third-order valence-corrected chi connectivity index (χ3v) is 3.13. The van der Waals surface area contributed by atoms with Crippen molar-refractivity contribution < 1.29 is 9.72 Å². The Labute approximate surface area is 124 Å². The molecule has 1 heterocycles. The first-order chi connectivity index (χ1) is 9.60. The van der Waals surface area contributed by atoms with Gasteiger partial charge in [0.25, 0.3) is 5.69 Å². The number of rotatable bonds is 6. The molecule has 0 spiro atoms. The standard InChI is InChI=1S/C14H22N4O3/c1-9-7-12(16-8-11(9)18(20)21)17-10(13(15)19)5-6-14(2,3)4/h7-8,10H,5-6H2,1-4H3,(H2,15,19)(H,16,17)/t10-/m0/s1. The zero-order chi connectivity index (χ0) is 16.2. The van der Waals surface area contributed by atoms with Crippen LogP contribution in [0.25, 0.3) is 0 Å². The van der Waals surface area contributed by atoms with Gasteiger partial charge in [0, 0.05) is 5.56 Å². The van der Waals surface area contributed by atoms with Crippen LogP contribution >= 0.6 is 0 Å². The van der Waals surface area contributed by atoms with Gasteiger partial charge in [0.15, 0.2) is 0 Å². The Morgan fingerprint density at radius 3 is 2.57 bits per heavy atom. The predicted octanol–water partition coefficient (Wildman–Crippen LogP) is 2.39. The van der Waals surface area contributed by atoms with E-state index in [1.807, 2.05) is 0 Å². The highest BCUT2D eigenvalue weighted by Gasteiger charge is 2.20. The van der Waals surface area contributed by atoms with E-state index in [0.717, 1.165) is 6.42 Å². The van der Waals surface area contributed by atoms with Crippen LogP contribution in [0.1, 0.15) is 39.2 Å². The summed E-state index contributed by atoms with van der Waals surface area (Å²) in [5.41, 5.74) is 5.92. The largest absolute Gasteiger partial charge is 0.368 e. The number of nitrogens with one attached hydrogen (secondary N) is 1. The maximum Gasteiger partial charge on any atom is 0.290 e. The number of carbonyl (C=O) groups is 1. The molecule has 0 fully saturated rings. The van der Waals surface area contributed by atoms with E-state index in [-0.39, 0.29) is 11.1 Å². The summed E-state index contributed by atoms with van der Waals surface area (Å²) in [5.74, 6) is -0.0483. The van der Waals surface area contributed by atoms with Crippen molar-refractivity contribution in [2.24, 2.45) is 11.1 Å². The van der Waals surface area contributed by atoms with Gasteiger partial charge in [0.05, 0.1) is 4.92 Å². The molecule has 0 radical (unpaired) electrons. The van der Waals surface area contributed by atoms with Gasteiger partial charge < -0.3 is 11.1 Å². The van der Waals surface area contributed by atoms with Gasteiger partial charge in [-0.25, -0.2) is 4.98 Å². The molecule has 3 N–H and O–H groups in total. The van der Waals surface area contributed by atoms with Crippen LogP contribution in [0.4, 0.5) is 11.5 Å². The fourth-order valence-electron chi connectivity index (χ4n) is 1.86. The summed E-state index contributed by atoms with van der Waals surface area (Å²) in [6, 6.07) is 1.00. The number of aryl methyl sites for hydroxylation is 1. The summed E-state index contributed by atoms with van der Waals surface area (Å²) in [5, 5.41) is 13.7. The number of hydrogen-bond acceptors (Lipinski definition) is 5. The first-order valence-corrected chi connectivity index (χ1v) is 6.77. The Bertz CT molecular complexity index is 538. The first-order valence-electron chi connectivity index (χ1n) is 6.77. The molecule has 7 heteroatoms. The Morgan fingerprint density at radius 1 is 1.52 bits per heavy atom. The Balaban J connectivity index is 2.82. The predicted molar refractivity (Wildman–Crippen MR) is 80.9 cm³/mol. The fourth-order valence-corrected chi connectivity index (χ4v) is 1.86. The van der Waals surface area contributed by atoms with Gasteiger partial charge in [0.2, 0.25) is 5.91 Å². The van der Waals surface area contributed by atoms with Gasteiger partial charge in [-0.3, -0.25) is 14.9 Å². The van der Waals surface area contributed by atoms with Crippen LogP contribution in [0, 0.1) is 22.5 Å². The molecule has 1 aromatic rings. The molecule has 0 aliphatic carbocycles. The normalized spacial score (nSPS) is 12.8. The van der Waals surface area contributed by atoms with Crippen molar-refractivity contribution in [2.45, 2.75) is 46.6 Å². The number of amides is 1. The summed E-state index contributed by atoms with van der Waals surface area (Å²) in [6.45, 7) is 7.87. The molecule has 0 aliphatic rings. The van der Waals surface area contributed by atoms with E-state index in [0.29, 0.717) is 17.8 Å². The number of aromatic nitrogens is 1. The topological polar surface area (TPSA) is 111 Å². The smallest absolute Gasteiger partial charge is 0.290 e. The van der Waals surface area contributed by atoms with Crippen molar-refractivity contribution in [1.82, 2.24) is 4.98 Å². The Kier molecular flexibility index (Phi) is 5.23. The zero-order valence-corrected chi connectivity index (χ0v) is 12.8. The second-order valence-corrected chi connectivity index (χ2v) is 6.31. The lowest BCUT2D eigenvalue weighted by Gasteiger charge is -2.22. The average molecular weight is 294 g/mol. The third-order valence-electron chi connectivity index (χ3n) is 3.13. The molecule has 7 nitrogen and oxygen atoms in total. The monoisotopic (exact) mass is 294 g/mol. The highest BCUT2D eigenvalue weighted by atomic mass is 16.6. The Morgan fingerprint density at radius 2 is 2.14 bits per heavy atom. The quantitative estimate of drug-likeness (QED) is 0.618. The number of anilines is 1. The second kappa shape index (κ2) is 6.51.